The van der Waals surface area contributed by atoms with Crippen LogP contribution in [0.25, 0.3) is 0 Å². The SMILES string of the molecule is COCCN(Cc1ccccn1)C(=O)C[C@@H]1OCCc2sccc21. The zero-order chi connectivity index (χ0) is 16.8. The largest absolute Gasteiger partial charge is 0.383 e. The van der Waals surface area contributed by atoms with Crippen LogP contribution >= 0.6 is 11.3 Å². The highest BCUT2D eigenvalue weighted by Crippen LogP contribution is 2.33. The molecule has 5 nitrogen and oxygen atoms in total. The van der Waals surface area contributed by atoms with Gasteiger partial charge >= 0.3 is 0 Å². The van der Waals surface area contributed by atoms with Gasteiger partial charge in [0.2, 0.25) is 5.91 Å². The molecule has 2 aromatic rings. The molecule has 3 rings (SSSR count). The molecule has 0 bridgehead atoms. The van der Waals surface area contributed by atoms with Crippen LogP contribution in [0, 0.1) is 0 Å². The molecule has 0 saturated carbocycles. The Morgan fingerprint density at radius 3 is 3.17 bits per heavy atom. The predicted octanol–water partition coefficient (Wildman–Crippen LogP) is 2.82. The number of methoxy groups -OCH3 is 1. The van der Waals surface area contributed by atoms with Crippen molar-refractivity contribution < 1.29 is 14.3 Å². The first-order chi connectivity index (χ1) is 11.8. The summed E-state index contributed by atoms with van der Waals surface area (Å²) in [4.78, 5) is 20.3. The summed E-state index contributed by atoms with van der Waals surface area (Å²) >= 11 is 1.75. The van der Waals surface area contributed by atoms with Gasteiger partial charge in [-0.2, -0.15) is 0 Å². The fraction of sp³-hybridized carbons (Fsp3) is 0.444. The van der Waals surface area contributed by atoms with Crippen molar-refractivity contribution in [2.24, 2.45) is 0 Å². The molecule has 1 atom stereocenters. The van der Waals surface area contributed by atoms with Crippen molar-refractivity contribution in [2.45, 2.75) is 25.5 Å². The van der Waals surface area contributed by atoms with Crippen molar-refractivity contribution in [1.82, 2.24) is 9.88 Å². The molecule has 1 amide bonds. The van der Waals surface area contributed by atoms with E-state index in [0.29, 0.717) is 32.7 Å². The lowest BCUT2D eigenvalue weighted by atomic mass is 10.0. The van der Waals surface area contributed by atoms with Crippen molar-refractivity contribution >= 4 is 17.2 Å². The number of hydrogen-bond acceptors (Lipinski definition) is 5. The summed E-state index contributed by atoms with van der Waals surface area (Å²) in [6, 6.07) is 7.82. The summed E-state index contributed by atoms with van der Waals surface area (Å²) in [5.41, 5.74) is 2.05. The average Bonchev–Trinajstić information content (AvgIpc) is 3.09. The highest BCUT2D eigenvalue weighted by atomic mass is 32.1. The van der Waals surface area contributed by atoms with Crippen molar-refractivity contribution in [3.05, 3.63) is 52.0 Å². The molecule has 2 aromatic heterocycles. The molecule has 3 heterocycles. The molecule has 0 spiro atoms. The van der Waals surface area contributed by atoms with Gasteiger partial charge in [-0.3, -0.25) is 9.78 Å². The van der Waals surface area contributed by atoms with Gasteiger partial charge in [0.15, 0.2) is 0 Å². The van der Waals surface area contributed by atoms with Gasteiger partial charge < -0.3 is 14.4 Å². The van der Waals surface area contributed by atoms with E-state index < -0.39 is 0 Å². The van der Waals surface area contributed by atoms with Crippen LogP contribution in [-0.2, 0) is 27.2 Å². The predicted molar refractivity (Wildman–Crippen MR) is 92.9 cm³/mol. The van der Waals surface area contributed by atoms with E-state index in [1.165, 1.54) is 10.4 Å². The maximum Gasteiger partial charge on any atom is 0.225 e. The summed E-state index contributed by atoms with van der Waals surface area (Å²) in [6.07, 6.45) is 2.91. The van der Waals surface area contributed by atoms with Gasteiger partial charge in [-0.1, -0.05) is 6.07 Å². The van der Waals surface area contributed by atoms with E-state index >= 15 is 0 Å². The third-order valence-corrected chi connectivity index (χ3v) is 5.13. The lowest BCUT2D eigenvalue weighted by Crippen LogP contribution is -2.35. The Morgan fingerprint density at radius 1 is 1.46 bits per heavy atom. The van der Waals surface area contributed by atoms with Gasteiger partial charge in [0.1, 0.15) is 0 Å². The van der Waals surface area contributed by atoms with Gasteiger partial charge in [-0.25, -0.2) is 0 Å². The van der Waals surface area contributed by atoms with Gasteiger partial charge in [0.05, 0.1) is 38.0 Å². The van der Waals surface area contributed by atoms with Crippen molar-refractivity contribution in [1.29, 1.82) is 0 Å². The van der Waals surface area contributed by atoms with Crippen LogP contribution < -0.4 is 0 Å². The molecule has 0 radical (unpaired) electrons. The molecule has 1 aliphatic rings. The number of rotatable bonds is 7. The van der Waals surface area contributed by atoms with E-state index in [1.807, 2.05) is 18.2 Å². The number of amides is 1. The number of carbonyl (C=O) groups is 1. The summed E-state index contributed by atoms with van der Waals surface area (Å²) in [7, 11) is 1.64. The molecule has 24 heavy (non-hydrogen) atoms. The topological polar surface area (TPSA) is 51.7 Å². The average molecular weight is 346 g/mol. The van der Waals surface area contributed by atoms with Gasteiger partial charge in [-0.15, -0.1) is 11.3 Å². The van der Waals surface area contributed by atoms with E-state index in [-0.39, 0.29) is 12.0 Å². The maximum absolute atomic E-state index is 12.8. The van der Waals surface area contributed by atoms with Gasteiger partial charge in [-0.05, 0) is 29.1 Å². The van der Waals surface area contributed by atoms with E-state index in [1.54, 1.807) is 29.5 Å². The second-order valence-electron chi connectivity index (χ2n) is 5.74. The molecule has 6 heteroatoms. The molecule has 0 N–H and O–H groups in total. The van der Waals surface area contributed by atoms with Crippen molar-refractivity contribution in [2.75, 3.05) is 26.9 Å². The fourth-order valence-corrected chi connectivity index (χ4v) is 3.78. The molecular formula is C18H22N2O3S. The number of ether oxygens (including phenoxy) is 2. The molecular weight excluding hydrogens is 324 g/mol. The van der Waals surface area contributed by atoms with E-state index in [9.17, 15) is 4.79 Å². The maximum atomic E-state index is 12.8. The van der Waals surface area contributed by atoms with Gasteiger partial charge in [0.25, 0.3) is 0 Å². The van der Waals surface area contributed by atoms with Crippen LogP contribution in [0.3, 0.4) is 0 Å². The number of nitrogens with zero attached hydrogens (tertiary/aromatic N) is 2. The van der Waals surface area contributed by atoms with E-state index in [4.69, 9.17) is 9.47 Å². The monoisotopic (exact) mass is 346 g/mol. The summed E-state index contributed by atoms with van der Waals surface area (Å²) in [5.74, 6) is 0.0711. The molecule has 0 aliphatic carbocycles. The number of carbonyl (C=O) groups excluding carboxylic acids is 1. The normalized spacial score (nSPS) is 16.6. The molecule has 0 saturated heterocycles. The number of pyridine rings is 1. The van der Waals surface area contributed by atoms with Crippen LogP contribution in [0.2, 0.25) is 0 Å². The number of hydrogen-bond donors (Lipinski definition) is 0. The lowest BCUT2D eigenvalue weighted by molar-refractivity contribution is -0.136. The van der Waals surface area contributed by atoms with Gasteiger partial charge in [0, 0.05) is 31.1 Å². The first-order valence-electron chi connectivity index (χ1n) is 8.12. The minimum Gasteiger partial charge on any atom is -0.383 e. The first kappa shape index (κ1) is 17.1. The molecule has 0 fully saturated rings. The minimum atomic E-state index is -0.138. The number of thiophene rings is 1. The van der Waals surface area contributed by atoms with Crippen LogP contribution in [0.4, 0.5) is 0 Å². The van der Waals surface area contributed by atoms with Crippen molar-refractivity contribution in [3.63, 3.8) is 0 Å². The number of aromatic nitrogens is 1. The first-order valence-corrected chi connectivity index (χ1v) is 9.00. The Hall–Kier alpha value is -1.76. The second kappa shape index (κ2) is 8.37. The quantitative estimate of drug-likeness (QED) is 0.774. The van der Waals surface area contributed by atoms with E-state index in [0.717, 1.165) is 12.1 Å². The Morgan fingerprint density at radius 2 is 2.38 bits per heavy atom. The van der Waals surface area contributed by atoms with Crippen LogP contribution in [-0.4, -0.2) is 42.7 Å². The van der Waals surface area contributed by atoms with Crippen LogP contribution in [0.15, 0.2) is 35.8 Å². The standard InChI is InChI=1S/C18H22N2O3S/c1-22-10-8-20(13-14-4-2-3-7-19-14)18(21)12-16-15-6-11-24-17(15)5-9-23-16/h2-4,6-7,11,16H,5,8-10,12-13H2,1H3/t16-/m0/s1. The minimum absolute atomic E-state index is 0.0711. The summed E-state index contributed by atoms with van der Waals surface area (Å²) in [5, 5.41) is 2.08. The Bertz CT molecular complexity index is 659. The molecule has 128 valence electrons. The van der Waals surface area contributed by atoms with E-state index in [2.05, 4.69) is 16.4 Å². The molecule has 0 aromatic carbocycles. The highest BCUT2D eigenvalue weighted by molar-refractivity contribution is 7.10. The molecule has 1 aliphatic heterocycles. The third kappa shape index (κ3) is 4.20. The zero-order valence-electron chi connectivity index (χ0n) is 13.8. The smallest absolute Gasteiger partial charge is 0.225 e. The summed E-state index contributed by atoms with van der Waals surface area (Å²) < 4.78 is 11.0. The Labute approximate surface area is 146 Å². The Kier molecular flexibility index (Phi) is 5.96. The zero-order valence-corrected chi connectivity index (χ0v) is 14.6. The van der Waals surface area contributed by atoms with Crippen molar-refractivity contribution in [3.8, 4) is 0 Å². The summed E-state index contributed by atoms with van der Waals surface area (Å²) in [6.45, 7) is 2.24. The number of fused-ring (bicyclic) bond motifs is 1. The highest BCUT2D eigenvalue weighted by Gasteiger charge is 2.26. The second-order valence-corrected chi connectivity index (χ2v) is 6.74. The van der Waals surface area contributed by atoms with Crippen LogP contribution in [0.5, 0.6) is 0 Å². The molecule has 0 unspecified atom stereocenters. The lowest BCUT2D eigenvalue weighted by Gasteiger charge is -2.27. The fourth-order valence-electron chi connectivity index (χ4n) is 2.86. The van der Waals surface area contributed by atoms with Crippen LogP contribution in [0.1, 0.15) is 28.7 Å². The Balaban J connectivity index is 1.67. The third-order valence-electron chi connectivity index (χ3n) is 4.13.